The van der Waals surface area contributed by atoms with E-state index in [9.17, 15) is 19.2 Å². The summed E-state index contributed by atoms with van der Waals surface area (Å²) >= 11 is 0. The number of carbonyl (C=O) groups excluding carboxylic acids is 4. The van der Waals surface area contributed by atoms with Gasteiger partial charge in [-0.15, -0.1) is 0 Å². The van der Waals surface area contributed by atoms with Crippen LogP contribution in [0.15, 0.2) is 48.5 Å². The van der Waals surface area contributed by atoms with E-state index in [4.69, 9.17) is 4.74 Å². The number of fused-ring (bicyclic) bond motifs is 1. The third-order valence-corrected chi connectivity index (χ3v) is 4.42. The van der Waals surface area contributed by atoms with Crippen molar-refractivity contribution in [1.82, 2.24) is 10.6 Å². The van der Waals surface area contributed by atoms with Crippen molar-refractivity contribution in [2.24, 2.45) is 0 Å². The largest absolute Gasteiger partial charge is 0.449 e. The summed E-state index contributed by atoms with van der Waals surface area (Å²) in [6, 6.07) is 13.3. The summed E-state index contributed by atoms with van der Waals surface area (Å²) in [5.41, 5.74) is 2.65. The Hall–Kier alpha value is -3.68. The quantitative estimate of drug-likeness (QED) is 0.671. The molecule has 1 atom stereocenters. The minimum atomic E-state index is -1.15. The molecular formula is C21H21N3O5. The molecule has 29 heavy (non-hydrogen) atoms. The monoisotopic (exact) mass is 395 g/mol. The Morgan fingerprint density at radius 2 is 1.86 bits per heavy atom. The van der Waals surface area contributed by atoms with Crippen molar-refractivity contribution < 1.29 is 23.9 Å². The van der Waals surface area contributed by atoms with E-state index in [1.165, 1.54) is 13.0 Å². The van der Waals surface area contributed by atoms with Crippen LogP contribution in [-0.4, -0.2) is 29.9 Å². The van der Waals surface area contributed by atoms with Crippen molar-refractivity contribution in [1.29, 1.82) is 0 Å². The molecule has 8 heteroatoms. The lowest BCUT2D eigenvalue weighted by Gasteiger charge is -2.18. The van der Waals surface area contributed by atoms with Crippen LogP contribution in [0.4, 0.5) is 10.5 Å². The van der Waals surface area contributed by atoms with Crippen LogP contribution in [0.2, 0.25) is 0 Å². The minimum Gasteiger partial charge on any atom is -0.449 e. The normalized spacial score (nSPS) is 13.5. The van der Waals surface area contributed by atoms with Crippen LogP contribution in [0.1, 0.15) is 34.8 Å². The lowest BCUT2D eigenvalue weighted by molar-refractivity contribution is -0.128. The maximum absolute atomic E-state index is 12.3. The van der Waals surface area contributed by atoms with Gasteiger partial charge in [0.25, 0.3) is 5.91 Å². The summed E-state index contributed by atoms with van der Waals surface area (Å²) < 4.78 is 5.16. The molecule has 4 amide bonds. The highest BCUT2D eigenvalue weighted by atomic mass is 16.5. The van der Waals surface area contributed by atoms with Gasteiger partial charge in [0.15, 0.2) is 6.10 Å². The van der Waals surface area contributed by atoms with Gasteiger partial charge in [0.05, 0.1) is 5.56 Å². The molecule has 1 aliphatic rings. The van der Waals surface area contributed by atoms with Gasteiger partial charge in [0.2, 0.25) is 5.91 Å². The first-order chi connectivity index (χ1) is 13.9. The molecule has 0 saturated carbocycles. The van der Waals surface area contributed by atoms with Crippen LogP contribution in [0.25, 0.3) is 0 Å². The van der Waals surface area contributed by atoms with E-state index in [-0.39, 0.29) is 18.0 Å². The van der Waals surface area contributed by atoms with Crippen molar-refractivity contribution in [2.45, 2.75) is 32.4 Å². The molecular weight excluding hydrogens is 374 g/mol. The number of carbonyl (C=O) groups is 4. The number of ether oxygens (including phenoxy) is 1. The van der Waals surface area contributed by atoms with Crippen LogP contribution in [-0.2, 0) is 27.3 Å². The summed E-state index contributed by atoms with van der Waals surface area (Å²) in [6.45, 7) is 1.65. The molecule has 0 radical (unpaired) electrons. The van der Waals surface area contributed by atoms with E-state index in [1.54, 1.807) is 12.1 Å². The molecule has 8 nitrogen and oxygen atoms in total. The maximum atomic E-state index is 12.3. The number of esters is 1. The second-order valence-electron chi connectivity index (χ2n) is 6.63. The zero-order chi connectivity index (χ0) is 20.8. The molecule has 2 aromatic rings. The number of aryl methyl sites for hydroxylation is 1. The lowest BCUT2D eigenvalue weighted by Crippen LogP contribution is -2.44. The highest BCUT2D eigenvalue weighted by Crippen LogP contribution is 2.24. The average molecular weight is 395 g/mol. The van der Waals surface area contributed by atoms with Crippen molar-refractivity contribution >= 4 is 29.5 Å². The number of imide groups is 1. The van der Waals surface area contributed by atoms with Gasteiger partial charge >= 0.3 is 12.0 Å². The third kappa shape index (κ3) is 5.41. The first kappa shape index (κ1) is 20.1. The van der Waals surface area contributed by atoms with E-state index in [0.29, 0.717) is 18.5 Å². The Balaban J connectivity index is 1.50. The van der Waals surface area contributed by atoms with Crippen molar-refractivity contribution in [2.75, 3.05) is 5.32 Å². The molecule has 0 fully saturated rings. The topological polar surface area (TPSA) is 114 Å². The van der Waals surface area contributed by atoms with E-state index in [2.05, 4.69) is 16.0 Å². The molecule has 1 aliphatic heterocycles. The Kier molecular flexibility index (Phi) is 6.23. The van der Waals surface area contributed by atoms with Gasteiger partial charge in [-0.05, 0) is 42.7 Å². The van der Waals surface area contributed by atoms with Crippen molar-refractivity contribution in [3.63, 3.8) is 0 Å². The molecule has 0 spiro atoms. The number of nitrogens with one attached hydrogen (secondary N) is 3. The molecule has 3 N–H and O–H groups in total. The fourth-order valence-corrected chi connectivity index (χ4v) is 2.83. The number of urea groups is 1. The van der Waals surface area contributed by atoms with Crippen molar-refractivity contribution in [3.8, 4) is 0 Å². The number of hydrogen-bond acceptors (Lipinski definition) is 5. The van der Waals surface area contributed by atoms with E-state index in [0.717, 1.165) is 11.1 Å². The zero-order valence-electron chi connectivity index (χ0n) is 15.9. The summed E-state index contributed by atoms with van der Waals surface area (Å²) in [5.74, 6) is -1.48. The molecule has 150 valence electrons. The van der Waals surface area contributed by atoms with Gasteiger partial charge in [0, 0.05) is 18.7 Å². The summed E-state index contributed by atoms with van der Waals surface area (Å²) in [5, 5.41) is 7.44. The van der Waals surface area contributed by atoms with E-state index in [1.807, 2.05) is 30.3 Å². The Bertz CT molecular complexity index is 943. The van der Waals surface area contributed by atoms with Crippen LogP contribution >= 0.6 is 0 Å². The van der Waals surface area contributed by atoms with Crippen LogP contribution in [0.5, 0.6) is 0 Å². The number of hydrogen-bond donors (Lipinski definition) is 3. The molecule has 0 unspecified atom stereocenters. The molecule has 0 aliphatic carbocycles. The van der Waals surface area contributed by atoms with Gasteiger partial charge in [0.1, 0.15) is 0 Å². The predicted octanol–water partition coefficient (Wildman–Crippen LogP) is 2.14. The van der Waals surface area contributed by atoms with Crippen LogP contribution < -0.4 is 16.0 Å². The number of benzene rings is 2. The molecule has 2 aromatic carbocycles. The SMILES string of the molecule is C[C@@H](OC(=O)c1ccc2c(c1)CCC(=O)N2)C(=O)NC(=O)NCc1ccccc1. The van der Waals surface area contributed by atoms with Gasteiger partial charge in [-0.3, -0.25) is 14.9 Å². The second kappa shape index (κ2) is 9.01. The summed E-state index contributed by atoms with van der Waals surface area (Å²) in [7, 11) is 0. The van der Waals surface area contributed by atoms with Gasteiger partial charge in [-0.25, -0.2) is 9.59 Å². The first-order valence-electron chi connectivity index (χ1n) is 9.19. The maximum Gasteiger partial charge on any atom is 0.338 e. The average Bonchev–Trinajstić information content (AvgIpc) is 2.72. The minimum absolute atomic E-state index is 0.0661. The Labute approximate surface area is 167 Å². The lowest BCUT2D eigenvalue weighted by atomic mass is 10.0. The Morgan fingerprint density at radius 1 is 1.10 bits per heavy atom. The standard InChI is InChI=1S/C21H21N3O5/c1-13(19(26)24-21(28)22-12-14-5-3-2-4-6-14)29-20(27)16-7-9-17-15(11-16)8-10-18(25)23-17/h2-7,9,11,13H,8,10,12H2,1H3,(H,23,25)(H2,22,24,26,28)/t13-/m1/s1. The highest BCUT2D eigenvalue weighted by Gasteiger charge is 2.22. The van der Waals surface area contributed by atoms with E-state index < -0.39 is 24.0 Å². The van der Waals surface area contributed by atoms with Crippen LogP contribution in [0, 0.1) is 0 Å². The fraction of sp³-hybridized carbons (Fsp3) is 0.238. The molecule has 0 bridgehead atoms. The fourth-order valence-electron chi connectivity index (χ4n) is 2.83. The van der Waals surface area contributed by atoms with Gasteiger partial charge in [-0.2, -0.15) is 0 Å². The highest BCUT2D eigenvalue weighted by molar-refractivity contribution is 5.99. The summed E-state index contributed by atoms with van der Waals surface area (Å²) in [6.07, 6.45) is -0.275. The summed E-state index contributed by atoms with van der Waals surface area (Å²) in [4.78, 5) is 47.7. The molecule has 3 rings (SSSR count). The molecule has 0 saturated heterocycles. The molecule has 1 heterocycles. The van der Waals surface area contributed by atoms with Crippen LogP contribution in [0.3, 0.4) is 0 Å². The van der Waals surface area contributed by atoms with Crippen molar-refractivity contribution in [3.05, 3.63) is 65.2 Å². The predicted molar refractivity (Wildman–Crippen MR) is 105 cm³/mol. The zero-order valence-corrected chi connectivity index (χ0v) is 15.9. The molecule has 0 aromatic heterocycles. The number of rotatable bonds is 5. The first-order valence-corrected chi connectivity index (χ1v) is 9.19. The Morgan fingerprint density at radius 3 is 2.62 bits per heavy atom. The van der Waals surface area contributed by atoms with E-state index >= 15 is 0 Å². The number of anilines is 1. The third-order valence-electron chi connectivity index (χ3n) is 4.42. The van der Waals surface area contributed by atoms with Gasteiger partial charge in [-0.1, -0.05) is 30.3 Å². The second-order valence-corrected chi connectivity index (χ2v) is 6.63. The smallest absolute Gasteiger partial charge is 0.338 e. The number of amides is 4. The van der Waals surface area contributed by atoms with Gasteiger partial charge < -0.3 is 15.4 Å².